The number of carbonyl (C=O) groups is 2. The van der Waals surface area contributed by atoms with Gasteiger partial charge in [-0.15, -0.1) is 0 Å². The Bertz CT molecular complexity index is 1650. The molecule has 5 rings (SSSR count). The van der Waals surface area contributed by atoms with Crippen LogP contribution < -0.4 is 21.5 Å². The molecule has 36 heavy (non-hydrogen) atoms. The summed E-state index contributed by atoms with van der Waals surface area (Å²) >= 11 is 0. The Kier molecular flexibility index (Phi) is 6.19. The van der Waals surface area contributed by atoms with E-state index in [1.165, 1.54) is 10.9 Å². The average molecular weight is 482 g/mol. The number of amides is 3. The van der Waals surface area contributed by atoms with Crippen molar-refractivity contribution in [3.05, 3.63) is 101 Å². The molecule has 0 saturated carbocycles. The molecule has 0 spiro atoms. The number of urea groups is 1. The predicted molar refractivity (Wildman–Crippen MR) is 138 cm³/mol. The third kappa shape index (κ3) is 4.95. The van der Waals surface area contributed by atoms with Gasteiger partial charge in [0.25, 0.3) is 5.56 Å². The molecule has 3 amide bonds. The molecule has 3 aromatic carbocycles. The van der Waals surface area contributed by atoms with E-state index in [9.17, 15) is 14.4 Å². The lowest BCUT2D eigenvalue weighted by molar-refractivity contribution is -0.121. The lowest BCUT2D eigenvalue weighted by Gasteiger charge is -2.10. The Morgan fingerprint density at radius 2 is 1.69 bits per heavy atom. The molecule has 0 aliphatic carbocycles. The van der Waals surface area contributed by atoms with Crippen LogP contribution in [0.5, 0.6) is 0 Å². The van der Waals surface area contributed by atoms with Gasteiger partial charge in [0, 0.05) is 23.3 Å². The van der Waals surface area contributed by atoms with Crippen LogP contribution in [0.3, 0.4) is 0 Å². The van der Waals surface area contributed by atoms with Gasteiger partial charge in [-0.1, -0.05) is 36.4 Å². The first-order chi connectivity index (χ1) is 17.5. The van der Waals surface area contributed by atoms with Gasteiger partial charge >= 0.3 is 6.03 Å². The van der Waals surface area contributed by atoms with Crippen molar-refractivity contribution in [2.75, 3.05) is 10.6 Å². The maximum atomic E-state index is 12.8. The summed E-state index contributed by atoms with van der Waals surface area (Å²) in [6.45, 7) is 1.98. The molecule has 0 aliphatic rings. The van der Waals surface area contributed by atoms with E-state index in [1.54, 1.807) is 24.3 Å². The second-order valence-corrected chi connectivity index (χ2v) is 8.38. The number of hydrogen-bond acceptors (Lipinski definition) is 5. The minimum atomic E-state index is -0.419. The van der Waals surface area contributed by atoms with Gasteiger partial charge in [-0.25, -0.2) is 9.78 Å². The van der Waals surface area contributed by atoms with Gasteiger partial charge in [-0.05, 0) is 54.4 Å². The zero-order valence-electron chi connectivity index (χ0n) is 19.4. The van der Waals surface area contributed by atoms with Gasteiger partial charge in [0.1, 0.15) is 17.6 Å². The van der Waals surface area contributed by atoms with Crippen LogP contribution in [-0.2, 0) is 17.9 Å². The Morgan fingerprint density at radius 1 is 0.944 bits per heavy atom. The zero-order valence-corrected chi connectivity index (χ0v) is 19.4. The van der Waals surface area contributed by atoms with Gasteiger partial charge in [0.15, 0.2) is 0 Å². The highest BCUT2D eigenvalue weighted by molar-refractivity contribution is 6.02. The van der Waals surface area contributed by atoms with Crippen LogP contribution in [0, 0.1) is 6.92 Å². The number of anilines is 2. The molecule has 5 aromatic rings. The average Bonchev–Trinajstić information content (AvgIpc) is 3.24. The van der Waals surface area contributed by atoms with E-state index in [0.717, 1.165) is 16.5 Å². The number of nitrogens with zero attached hydrogens (tertiary/aromatic N) is 2. The van der Waals surface area contributed by atoms with Gasteiger partial charge in [-0.3, -0.25) is 14.2 Å². The summed E-state index contributed by atoms with van der Waals surface area (Å²) in [5.74, 6) is -0.357. The van der Waals surface area contributed by atoms with Gasteiger partial charge < -0.3 is 20.4 Å². The monoisotopic (exact) mass is 481 g/mol. The summed E-state index contributed by atoms with van der Waals surface area (Å²) in [6, 6.07) is 21.5. The second-order valence-electron chi connectivity index (χ2n) is 8.38. The van der Waals surface area contributed by atoms with Crippen LogP contribution in [0.25, 0.3) is 22.1 Å². The van der Waals surface area contributed by atoms with Crippen molar-refractivity contribution in [1.82, 2.24) is 14.9 Å². The van der Waals surface area contributed by atoms with Crippen LogP contribution >= 0.6 is 0 Å². The highest BCUT2D eigenvalue weighted by Gasteiger charge is 2.14. The molecule has 3 N–H and O–H groups in total. The van der Waals surface area contributed by atoms with E-state index in [0.29, 0.717) is 22.5 Å². The third-order valence-corrected chi connectivity index (χ3v) is 5.62. The molecule has 0 aliphatic heterocycles. The summed E-state index contributed by atoms with van der Waals surface area (Å²) in [7, 11) is 0. The minimum Gasteiger partial charge on any atom is -0.448 e. The number of rotatable bonds is 6. The number of fused-ring (bicyclic) bond motifs is 3. The van der Waals surface area contributed by atoms with Crippen molar-refractivity contribution in [3.8, 4) is 0 Å². The molecule has 9 nitrogen and oxygen atoms in total. The molecule has 9 heteroatoms. The highest BCUT2D eigenvalue weighted by Crippen LogP contribution is 2.24. The SMILES string of the molecule is Cc1cccc(NC(=O)Nc2cccc(CNC(=O)Cn3cnc4c(oc5ccccc54)c3=O)c2)c1. The molecule has 0 radical (unpaired) electrons. The molecule has 0 unspecified atom stereocenters. The minimum absolute atomic E-state index is 0.120. The Hall–Kier alpha value is -4.92. The molecular formula is C27H23N5O4. The number of aromatic nitrogens is 2. The first kappa shape index (κ1) is 22.9. The quantitative estimate of drug-likeness (QED) is 0.332. The zero-order chi connectivity index (χ0) is 25.1. The number of para-hydroxylation sites is 1. The molecule has 180 valence electrons. The second kappa shape index (κ2) is 9.75. The summed E-state index contributed by atoms with van der Waals surface area (Å²) < 4.78 is 6.87. The van der Waals surface area contributed by atoms with Gasteiger partial charge in [0.2, 0.25) is 11.5 Å². The lowest BCUT2D eigenvalue weighted by Crippen LogP contribution is -2.32. The molecule has 0 atom stereocenters. The van der Waals surface area contributed by atoms with E-state index in [1.807, 2.05) is 55.5 Å². The predicted octanol–water partition coefficient (Wildman–Crippen LogP) is 4.41. The van der Waals surface area contributed by atoms with Gasteiger partial charge in [0.05, 0.1) is 6.33 Å². The van der Waals surface area contributed by atoms with Crippen LogP contribution in [0.2, 0.25) is 0 Å². The summed E-state index contributed by atoms with van der Waals surface area (Å²) in [5.41, 5.74) is 3.86. The van der Waals surface area contributed by atoms with E-state index in [4.69, 9.17) is 4.42 Å². The number of furan rings is 1. The maximum absolute atomic E-state index is 12.8. The molecule has 2 heterocycles. The number of carbonyl (C=O) groups excluding carboxylic acids is 2. The third-order valence-electron chi connectivity index (χ3n) is 5.62. The van der Waals surface area contributed by atoms with Crippen molar-refractivity contribution >= 4 is 45.4 Å². The normalized spacial score (nSPS) is 10.9. The number of nitrogens with one attached hydrogen (secondary N) is 3. The van der Waals surface area contributed by atoms with Crippen LogP contribution in [0.4, 0.5) is 16.2 Å². The van der Waals surface area contributed by atoms with Crippen LogP contribution in [-0.4, -0.2) is 21.5 Å². The molecule has 2 aromatic heterocycles. The summed E-state index contributed by atoms with van der Waals surface area (Å²) in [4.78, 5) is 42.0. The standard InChI is InChI=1S/C27H23N5O4/c1-17-6-4-8-19(12-17)30-27(35)31-20-9-5-7-18(13-20)14-28-23(33)15-32-16-29-24-21-10-2-3-11-22(21)36-25(24)26(32)34/h2-13,16H,14-15H2,1H3,(H,28,33)(H2,30,31,35). The number of aryl methyl sites for hydroxylation is 1. The van der Waals surface area contributed by atoms with E-state index >= 15 is 0 Å². The lowest BCUT2D eigenvalue weighted by atomic mass is 10.2. The molecule has 0 bridgehead atoms. The Morgan fingerprint density at radius 3 is 2.50 bits per heavy atom. The van der Waals surface area contributed by atoms with Crippen LogP contribution in [0.1, 0.15) is 11.1 Å². The molecule has 0 fully saturated rings. The number of benzene rings is 3. The van der Waals surface area contributed by atoms with E-state index < -0.39 is 5.56 Å². The first-order valence-electron chi connectivity index (χ1n) is 11.3. The fourth-order valence-electron chi connectivity index (χ4n) is 3.91. The maximum Gasteiger partial charge on any atom is 0.323 e. The topological polar surface area (TPSA) is 118 Å². The molecule has 0 saturated heterocycles. The fourth-order valence-corrected chi connectivity index (χ4v) is 3.91. The van der Waals surface area contributed by atoms with Crippen molar-refractivity contribution in [1.29, 1.82) is 0 Å². The van der Waals surface area contributed by atoms with E-state index in [2.05, 4.69) is 20.9 Å². The van der Waals surface area contributed by atoms with Crippen molar-refractivity contribution in [3.63, 3.8) is 0 Å². The van der Waals surface area contributed by atoms with Gasteiger partial charge in [-0.2, -0.15) is 0 Å². The molecular weight excluding hydrogens is 458 g/mol. The number of hydrogen-bond donors (Lipinski definition) is 3. The largest absolute Gasteiger partial charge is 0.448 e. The van der Waals surface area contributed by atoms with Crippen molar-refractivity contribution in [2.45, 2.75) is 20.0 Å². The van der Waals surface area contributed by atoms with Crippen molar-refractivity contribution < 1.29 is 14.0 Å². The fraction of sp³-hybridized carbons (Fsp3) is 0.111. The summed E-state index contributed by atoms with van der Waals surface area (Å²) in [5, 5.41) is 9.12. The van der Waals surface area contributed by atoms with E-state index in [-0.39, 0.29) is 30.6 Å². The highest BCUT2D eigenvalue weighted by atomic mass is 16.3. The van der Waals surface area contributed by atoms with Crippen LogP contribution in [0.15, 0.2) is 88.3 Å². The first-order valence-corrected chi connectivity index (χ1v) is 11.3. The Labute approximate surface area is 205 Å². The smallest absolute Gasteiger partial charge is 0.323 e. The summed E-state index contributed by atoms with van der Waals surface area (Å²) in [6.07, 6.45) is 1.35. The Balaban J connectivity index is 1.20. The van der Waals surface area contributed by atoms with Crippen molar-refractivity contribution in [2.24, 2.45) is 0 Å².